The third kappa shape index (κ3) is 2.98. The molecule has 0 bridgehead atoms. The number of carbonyl (C=O) groups is 1. The first-order valence-electron chi connectivity index (χ1n) is 6.27. The van der Waals surface area contributed by atoms with E-state index < -0.39 is 44.1 Å². The third-order valence-electron chi connectivity index (χ3n) is 3.46. The van der Waals surface area contributed by atoms with Gasteiger partial charge in [-0.1, -0.05) is 0 Å². The monoisotopic (exact) mass is 319 g/mol. The number of benzene rings is 1. The van der Waals surface area contributed by atoms with Crippen LogP contribution in [0, 0.1) is 17.6 Å². The summed E-state index contributed by atoms with van der Waals surface area (Å²) in [7, 11) is -4.19. The average Bonchev–Trinajstić information content (AvgIpc) is 2.42. The van der Waals surface area contributed by atoms with E-state index >= 15 is 0 Å². The molecule has 4 N–H and O–H groups in total. The van der Waals surface area contributed by atoms with Gasteiger partial charge in [-0.3, -0.25) is 4.79 Å². The van der Waals surface area contributed by atoms with Gasteiger partial charge < -0.3 is 11.5 Å². The van der Waals surface area contributed by atoms with Crippen molar-refractivity contribution in [2.24, 2.45) is 11.7 Å². The summed E-state index contributed by atoms with van der Waals surface area (Å²) in [5.74, 6) is -3.47. The fraction of sp³-hybridized carbons (Fsp3) is 0.417. The molecule has 0 saturated carbocycles. The van der Waals surface area contributed by atoms with E-state index in [9.17, 15) is 22.0 Å². The molecule has 1 heterocycles. The fourth-order valence-corrected chi connectivity index (χ4v) is 3.88. The standard InChI is InChI=1S/C12H15F2N3O3S/c13-8-4-9(14)11(5-10(8)15)21(19,20)17-3-1-2-7(6-17)12(16)18/h4-5,7H,1-3,6,15H2,(H2,16,18). The first-order valence-corrected chi connectivity index (χ1v) is 7.71. The average molecular weight is 319 g/mol. The quantitative estimate of drug-likeness (QED) is 0.788. The molecule has 1 amide bonds. The Kier molecular flexibility index (Phi) is 4.15. The summed E-state index contributed by atoms with van der Waals surface area (Å²) in [6.07, 6.45) is 0.917. The third-order valence-corrected chi connectivity index (χ3v) is 5.34. The van der Waals surface area contributed by atoms with E-state index in [4.69, 9.17) is 11.5 Å². The van der Waals surface area contributed by atoms with E-state index in [2.05, 4.69) is 0 Å². The van der Waals surface area contributed by atoms with Crippen LogP contribution in [0.1, 0.15) is 12.8 Å². The molecule has 2 rings (SSSR count). The summed E-state index contributed by atoms with van der Waals surface area (Å²) >= 11 is 0. The number of carbonyl (C=O) groups excluding carboxylic acids is 1. The Hall–Kier alpha value is -1.74. The number of nitrogens with zero attached hydrogens (tertiary/aromatic N) is 1. The number of primary amides is 1. The molecule has 1 saturated heterocycles. The van der Waals surface area contributed by atoms with Crippen LogP contribution < -0.4 is 11.5 Å². The Morgan fingerprint density at radius 2 is 1.95 bits per heavy atom. The Labute approximate surface area is 120 Å². The molecule has 0 aromatic heterocycles. The van der Waals surface area contributed by atoms with Gasteiger partial charge in [0.15, 0.2) is 0 Å². The molecule has 1 fully saturated rings. The zero-order chi connectivity index (χ0) is 15.8. The van der Waals surface area contributed by atoms with Crippen LogP contribution in [0.5, 0.6) is 0 Å². The van der Waals surface area contributed by atoms with Crippen molar-refractivity contribution in [3.8, 4) is 0 Å². The van der Waals surface area contributed by atoms with Crippen molar-refractivity contribution in [1.29, 1.82) is 0 Å². The largest absolute Gasteiger partial charge is 0.396 e. The van der Waals surface area contributed by atoms with Crippen LogP contribution in [0.2, 0.25) is 0 Å². The lowest BCUT2D eigenvalue weighted by Crippen LogP contribution is -2.44. The van der Waals surface area contributed by atoms with Crippen molar-refractivity contribution in [2.75, 3.05) is 18.8 Å². The lowest BCUT2D eigenvalue weighted by Gasteiger charge is -2.30. The van der Waals surface area contributed by atoms with Crippen LogP contribution in [-0.4, -0.2) is 31.7 Å². The molecular formula is C12H15F2N3O3S. The van der Waals surface area contributed by atoms with Gasteiger partial charge in [-0.2, -0.15) is 4.31 Å². The molecule has 9 heteroatoms. The number of hydrogen-bond acceptors (Lipinski definition) is 4. The van der Waals surface area contributed by atoms with Crippen LogP contribution in [0.15, 0.2) is 17.0 Å². The van der Waals surface area contributed by atoms with Crippen molar-refractivity contribution in [2.45, 2.75) is 17.7 Å². The maximum Gasteiger partial charge on any atom is 0.246 e. The van der Waals surface area contributed by atoms with Gasteiger partial charge in [0.05, 0.1) is 11.6 Å². The first-order chi connectivity index (χ1) is 9.73. The summed E-state index contributed by atoms with van der Waals surface area (Å²) in [5, 5.41) is 0. The van der Waals surface area contributed by atoms with Crippen molar-refractivity contribution < 1.29 is 22.0 Å². The number of anilines is 1. The second kappa shape index (κ2) is 5.57. The highest BCUT2D eigenvalue weighted by Gasteiger charge is 2.34. The van der Waals surface area contributed by atoms with Gasteiger partial charge in [-0.05, 0) is 18.9 Å². The summed E-state index contributed by atoms with van der Waals surface area (Å²) in [6, 6.07) is 1.17. The highest BCUT2D eigenvalue weighted by Crippen LogP contribution is 2.27. The van der Waals surface area contributed by atoms with E-state index in [0.717, 1.165) is 10.4 Å². The summed E-state index contributed by atoms with van der Waals surface area (Å²) in [6.45, 7) is 0.0250. The molecule has 0 spiro atoms. The predicted octanol–water partition coefficient (Wildman–Crippen LogP) is 0.433. The van der Waals surface area contributed by atoms with Gasteiger partial charge in [-0.25, -0.2) is 17.2 Å². The van der Waals surface area contributed by atoms with E-state index in [-0.39, 0.29) is 13.1 Å². The Morgan fingerprint density at radius 1 is 1.29 bits per heavy atom. The first kappa shape index (κ1) is 15.6. The highest BCUT2D eigenvalue weighted by molar-refractivity contribution is 7.89. The lowest BCUT2D eigenvalue weighted by molar-refractivity contribution is -0.122. The molecule has 116 valence electrons. The zero-order valence-electron chi connectivity index (χ0n) is 11.1. The maximum atomic E-state index is 13.7. The zero-order valence-corrected chi connectivity index (χ0v) is 11.9. The number of nitrogen functional groups attached to an aromatic ring is 1. The number of rotatable bonds is 3. The smallest absolute Gasteiger partial charge is 0.246 e. The van der Waals surface area contributed by atoms with Crippen LogP contribution in [0.3, 0.4) is 0 Å². The van der Waals surface area contributed by atoms with Crippen molar-refractivity contribution in [3.05, 3.63) is 23.8 Å². The number of hydrogen-bond donors (Lipinski definition) is 2. The van der Waals surface area contributed by atoms with Crippen LogP contribution in [0.4, 0.5) is 14.5 Å². The molecule has 1 aromatic rings. The second-order valence-electron chi connectivity index (χ2n) is 4.91. The van der Waals surface area contributed by atoms with Crippen molar-refractivity contribution in [3.63, 3.8) is 0 Å². The number of piperidine rings is 1. The molecule has 0 aliphatic carbocycles. The van der Waals surface area contributed by atoms with Gasteiger partial charge >= 0.3 is 0 Å². The topological polar surface area (TPSA) is 106 Å². The van der Waals surface area contributed by atoms with Gasteiger partial charge in [-0.15, -0.1) is 0 Å². The van der Waals surface area contributed by atoms with E-state index in [1.807, 2.05) is 0 Å². The molecule has 1 atom stereocenters. The Bertz CT molecular complexity index is 679. The second-order valence-corrected chi connectivity index (χ2v) is 6.82. The normalized spacial score (nSPS) is 20.4. The minimum atomic E-state index is -4.19. The van der Waals surface area contributed by atoms with E-state index in [1.54, 1.807) is 0 Å². The molecule has 1 aliphatic rings. The SMILES string of the molecule is NC(=O)C1CCCN(S(=O)(=O)c2cc(N)c(F)cc2F)C1. The van der Waals surface area contributed by atoms with Crippen molar-refractivity contribution in [1.82, 2.24) is 4.31 Å². The minimum Gasteiger partial charge on any atom is -0.396 e. The molecule has 0 radical (unpaired) electrons. The maximum absolute atomic E-state index is 13.7. The molecular weight excluding hydrogens is 304 g/mol. The van der Waals surface area contributed by atoms with Gasteiger partial charge in [0, 0.05) is 19.2 Å². The summed E-state index contributed by atoms with van der Waals surface area (Å²) < 4.78 is 52.6. The van der Waals surface area contributed by atoms with Crippen molar-refractivity contribution >= 4 is 21.6 Å². The highest BCUT2D eigenvalue weighted by atomic mass is 32.2. The molecule has 6 nitrogen and oxygen atoms in total. The number of nitrogens with two attached hydrogens (primary N) is 2. The fourth-order valence-electron chi connectivity index (χ4n) is 2.27. The summed E-state index contributed by atoms with van der Waals surface area (Å²) in [4.78, 5) is 10.5. The van der Waals surface area contributed by atoms with E-state index in [0.29, 0.717) is 18.9 Å². The predicted molar refractivity (Wildman–Crippen MR) is 71.4 cm³/mol. The molecule has 1 unspecified atom stereocenters. The van der Waals surface area contributed by atoms with Gasteiger partial charge in [0.1, 0.15) is 16.5 Å². The van der Waals surface area contributed by atoms with Crippen LogP contribution >= 0.6 is 0 Å². The number of sulfonamides is 1. The van der Waals surface area contributed by atoms with Gasteiger partial charge in [0.25, 0.3) is 0 Å². The van der Waals surface area contributed by atoms with Gasteiger partial charge in [0.2, 0.25) is 15.9 Å². The molecule has 1 aliphatic heterocycles. The summed E-state index contributed by atoms with van der Waals surface area (Å²) in [5.41, 5.74) is 10.0. The Balaban J connectivity index is 2.38. The number of halogens is 2. The van der Waals surface area contributed by atoms with Crippen LogP contribution in [-0.2, 0) is 14.8 Å². The van der Waals surface area contributed by atoms with E-state index in [1.165, 1.54) is 0 Å². The lowest BCUT2D eigenvalue weighted by atomic mass is 9.99. The minimum absolute atomic E-state index is 0.117. The number of amides is 1. The molecule has 21 heavy (non-hydrogen) atoms. The Morgan fingerprint density at radius 3 is 2.57 bits per heavy atom. The van der Waals surface area contributed by atoms with Crippen LogP contribution in [0.25, 0.3) is 0 Å². The molecule has 1 aromatic carbocycles.